The molecule has 0 saturated heterocycles. The van der Waals surface area contributed by atoms with Crippen LogP contribution in [-0.2, 0) is 4.79 Å². The second kappa shape index (κ2) is 5.35. The molecule has 0 aliphatic rings. The molecule has 0 fully saturated rings. The fourth-order valence-corrected chi connectivity index (χ4v) is 0.623. The highest BCUT2D eigenvalue weighted by Crippen LogP contribution is 1.97. The lowest BCUT2D eigenvalue weighted by molar-refractivity contribution is -0.116. The van der Waals surface area contributed by atoms with Crippen molar-refractivity contribution in [3.63, 3.8) is 0 Å². The number of carbonyl (C=O) groups excluding carboxylic acids is 1. The average molecular weight is 165 g/mol. The molecule has 0 aromatic carbocycles. The molecule has 66 valence electrons. The summed E-state index contributed by atoms with van der Waals surface area (Å²) >= 11 is 0. The number of hydrogen-bond donors (Lipinski definition) is 1. The van der Waals surface area contributed by atoms with E-state index in [0.29, 0.717) is 6.54 Å². The Bertz CT molecular complexity index is 226. The van der Waals surface area contributed by atoms with Gasteiger partial charge in [-0.05, 0) is 25.5 Å². The van der Waals surface area contributed by atoms with Crippen LogP contribution < -0.4 is 5.32 Å². The van der Waals surface area contributed by atoms with E-state index >= 15 is 0 Å². The molecule has 0 heterocycles. The van der Waals surface area contributed by atoms with Crippen molar-refractivity contribution in [3.8, 4) is 0 Å². The molecule has 0 aliphatic carbocycles. The Morgan fingerprint density at radius 1 is 1.50 bits per heavy atom. The van der Waals surface area contributed by atoms with E-state index in [2.05, 4.69) is 18.5 Å². The SMILES string of the molecule is C=C/C(C)=C\C(=C)NCC(C)=O. The van der Waals surface area contributed by atoms with Gasteiger partial charge in [-0.1, -0.05) is 19.2 Å². The van der Waals surface area contributed by atoms with Gasteiger partial charge in [-0.3, -0.25) is 4.79 Å². The zero-order chi connectivity index (χ0) is 9.56. The minimum absolute atomic E-state index is 0.0980. The predicted molar refractivity (Wildman–Crippen MR) is 51.8 cm³/mol. The van der Waals surface area contributed by atoms with Crippen LogP contribution in [0.25, 0.3) is 0 Å². The molecular formula is C10H15NO. The third kappa shape index (κ3) is 5.47. The standard InChI is InChI=1S/C10H15NO/c1-5-8(2)6-9(3)11-7-10(4)12/h5-6,11H,1,3,7H2,2,4H3/b8-6-. The van der Waals surface area contributed by atoms with Gasteiger partial charge in [0.05, 0.1) is 6.54 Å². The number of Topliss-reactive ketones (excluding diaryl/α,β-unsaturated/α-hetero) is 1. The maximum Gasteiger partial charge on any atom is 0.148 e. The van der Waals surface area contributed by atoms with Crippen molar-refractivity contribution >= 4 is 5.78 Å². The summed E-state index contributed by atoms with van der Waals surface area (Å²) in [5.74, 6) is 0.0980. The van der Waals surface area contributed by atoms with Gasteiger partial charge in [0.15, 0.2) is 0 Å². The van der Waals surface area contributed by atoms with Gasteiger partial charge in [-0.15, -0.1) is 0 Å². The van der Waals surface area contributed by atoms with E-state index in [1.807, 2.05) is 13.0 Å². The number of carbonyl (C=O) groups is 1. The fraction of sp³-hybridized carbons (Fsp3) is 0.300. The normalized spacial score (nSPS) is 10.7. The summed E-state index contributed by atoms with van der Waals surface area (Å²) in [5.41, 5.74) is 1.76. The molecule has 2 heteroatoms. The first kappa shape index (κ1) is 10.7. The van der Waals surface area contributed by atoms with Crippen molar-refractivity contribution in [2.24, 2.45) is 0 Å². The highest BCUT2D eigenvalue weighted by molar-refractivity contribution is 5.77. The van der Waals surface area contributed by atoms with Crippen molar-refractivity contribution in [1.29, 1.82) is 0 Å². The fourth-order valence-electron chi connectivity index (χ4n) is 0.623. The van der Waals surface area contributed by atoms with Crippen molar-refractivity contribution < 1.29 is 4.79 Å². The molecule has 0 amide bonds. The lowest BCUT2D eigenvalue weighted by Crippen LogP contribution is -2.18. The average Bonchev–Trinajstić information content (AvgIpc) is 2.00. The summed E-state index contributed by atoms with van der Waals surface area (Å²) in [6.07, 6.45) is 3.58. The van der Waals surface area contributed by atoms with Crippen LogP contribution in [0.5, 0.6) is 0 Å². The number of nitrogens with one attached hydrogen (secondary N) is 1. The quantitative estimate of drug-likeness (QED) is 0.629. The first-order chi connectivity index (χ1) is 5.56. The predicted octanol–water partition coefficient (Wildman–Crippen LogP) is 1.81. The van der Waals surface area contributed by atoms with Crippen molar-refractivity contribution in [2.45, 2.75) is 13.8 Å². The highest BCUT2D eigenvalue weighted by atomic mass is 16.1. The second-order valence-electron chi connectivity index (χ2n) is 2.67. The summed E-state index contributed by atoms with van der Waals surface area (Å²) in [4.78, 5) is 10.6. The largest absolute Gasteiger partial charge is 0.378 e. The number of rotatable bonds is 5. The summed E-state index contributed by atoms with van der Waals surface area (Å²) in [6, 6.07) is 0. The van der Waals surface area contributed by atoms with E-state index in [0.717, 1.165) is 11.3 Å². The number of ketones is 1. The van der Waals surface area contributed by atoms with E-state index < -0.39 is 0 Å². The summed E-state index contributed by atoms with van der Waals surface area (Å²) in [7, 11) is 0. The molecule has 2 nitrogen and oxygen atoms in total. The van der Waals surface area contributed by atoms with Crippen LogP contribution in [0.2, 0.25) is 0 Å². The van der Waals surface area contributed by atoms with Crippen LogP contribution in [0, 0.1) is 0 Å². The van der Waals surface area contributed by atoms with Crippen LogP contribution in [0.3, 0.4) is 0 Å². The zero-order valence-electron chi connectivity index (χ0n) is 7.68. The van der Waals surface area contributed by atoms with E-state index in [-0.39, 0.29) is 5.78 Å². The molecule has 0 unspecified atom stereocenters. The second-order valence-corrected chi connectivity index (χ2v) is 2.67. The molecule has 0 atom stereocenters. The van der Waals surface area contributed by atoms with Crippen molar-refractivity contribution in [2.75, 3.05) is 6.54 Å². The van der Waals surface area contributed by atoms with Gasteiger partial charge in [0.1, 0.15) is 5.78 Å². The van der Waals surface area contributed by atoms with E-state index in [1.54, 1.807) is 6.08 Å². The first-order valence-corrected chi connectivity index (χ1v) is 3.79. The maximum atomic E-state index is 10.6. The van der Waals surface area contributed by atoms with Crippen LogP contribution >= 0.6 is 0 Å². The molecule has 0 radical (unpaired) electrons. The lowest BCUT2D eigenvalue weighted by Gasteiger charge is -2.02. The van der Waals surface area contributed by atoms with Crippen LogP contribution in [0.4, 0.5) is 0 Å². The van der Waals surface area contributed by atoms with Crippen LogP contribution in [0.1, 0.15) is 13.8 Å². The topological polar surface area (TPSA) is 29.1 Å². The Balaban J connectivity index is 3.89. The Labute approximate surface area is 73.7 Å². The minimum Gasteiger partial charge on any atom is -0.378 e. The van der Waals surface area contributed by atoms with E-state index in [4.69, 9.17) is 0 Å². The van der Waals surface area contributed by atoms with Gasteiger partial charge < -0.3 is 5.32 Å². The summed E-state index contributed by atoms with van der Waals surface area (Å²) < 4.78 is 0. The van der Waals surface area contributed by atoms with Gasteiger partial charge in [0, 0.05) is 5.70 Å². The number of hydrogen-bond acceptors (Lipinski definition) is 2. The molecule has 0 spiro atoms. The third-order valence-electron chi connectivity index (χ3n) is 1.29. The molecule has 0 saturated carbocycles. The minimum atomic E-state index is 0.0980. The Morgan fingerprint density at radius 3 is 2.50 bits per heavy atom. The first-order valence-electron chi connectivity index (χ1n) is 3.79. The Morgan fingerprint density at radius 2 is 2.08 bits per heavy atom. The molecule has 0 aromatic heterocycles. The number of allylic oxidation sites excluding steroid dienone is 3. The molecule has 0 rings (SSSR count). The van der Waals surface area contributed by atoms with Crippen LogP contribution in [0.15, 0.2) is 36.6 Å². The summed E-state index contributed by atoms with van der Waals surface area (Å²) in [6.45, 7) is 11.1. The zero-order valence-corrected chi connectivity index (χ0v) is 7.68. The van der Waals surface area contributed by atoms with Gasteiger partial charge in [-0.2, -0.15) is 0 Å². The Kier molecular flexibility index (Phi) is 4.77. The Hall–Kier alpha value is -1.31. The van der Waals surface area contributed by atoms with Gasteiger partial charge in [0.2, 0.25) is 0 Å². The molecular weight excluding hydrogens is 150 g/mol. The monoisotopic (exact) mass is 165 g/mol. The van der Waals surface area contributed by atoms with Crippen LogP contribution in [-0.4, -0.2) is 12.3 Å². The van der Waals surface area contributed by atoms with Crippen molar-refractivity contribution in [3.05, 3.63) is 36.6 Å². The highest BCUT2D eigenvalue weighted by Gasteiger charge is 1.92. The smallest absolute Gasteiger partial charge is 0.148 e. The van der Waals surface area contributed by atoms with E-state index in [9.17, 15) is 4.79 Å². The molecule has 0 bridgehead atoms. The molecule has 12 heavy (non-hydrogen) atoms. The van der Waals surface area contributed by atoms with Gasteiger partial charge in [0.25, 0.3) is 0 Å². The maximum absolute atomic E-state index is 10.6. The molecule has 1 N–H and O–H groups in total. The van der Waals surface area contributed by atoms with Crippen molar-refractivity contribution in [1.82, 2.24) is 5.32 Å². The molecule has 0 aliphatic heterocycles. The van der Waals surface area contributed by atoms with E-state index in [1.165, 1.54) is 6.92 Å². The summed E-state index contributed by atoms with van der Waals surface area (Å²) in [5, 5.41) is 2.88. The van der Waals surface area contributed by atoms with Gasteiger partial charge >= 0.3 is 0 Å². The van der Waals surface area contributed by atoms with Gasteiger partial charge in [-0.25, -0.2) is 0 Å². The lowest BCUT2D eigenvalue weighted by atomic mass is 10.2. The third-order valence-corrected chi connectivity index (χ3v) is 1.29. The molecule has 0 aromatic rings.